The van der Waals surface area contributed by atoms with Gasteiger partial charge in [0.25, 0.3) is 0 Å². The van der Waals surface area contributed by atoms with E-state index in [1.807, 2.05) is 27.2 Å². The maximum Gasteiger partial charge on any atom is 0.225 e. The zero-order chi connectivity index (χ0) is 13.0. The summed E-state index contributed by atoms with van der Waals surface area (Å²) in [5, 5.41) is 7.36. The summed E-state index contributed by atoms with van der Waals surface area (Å²) in [6.07, 6.45) is 1.90. The first-order chi connectivity index (χ1) is 8.70. The van der Waals surface area contributed by atoms with Gasteiger partial charge in [0.15, 0.2) is 0 Å². The summed E-state index contributed by atoms with van der Waals surface area (Å²) >= 11 is 1.71. The van der Waals surface area contributed by atoms with Gasteiger partial charge in [0, 0.05) is 37.6 Å². The molecule has 0 aliphatic rings. The van der Waals surface area contributed by atoms with Crippen LogP contribution in [0, 0.1) is 6.92 Å². The Balaban J connectivity index is 2.11. The van der Waals surface area contributed by atoms with E-state index in [4.69, 9.17) is 0 Å². The first-order valence-corrected chi connectivity index (χ1v) is 6.84. The molecule has 0 spiro atoms. The van der Waals surface area contributed by atoms with Crippen LogP contribution < -0.4 is 10.2 Å². The molecule has 0 amide bonds. The molecule has 0 aliphatic heterocycles. The molecule has 0 bridgehead atoms. The van der Waals surface area contributed by atoms with Gasteiger partial charge in [-0.15, -0.1) is 0 Å². The quantitative estimate of drug-likeness (QED) is 0.897. The van der Waals surface area contributed by atoms with Crippen LogP contribution in [0.15, 0.2) is 23.0 Å². The molecule has 0 aliphatic carbocycles. The first kappa shape index (κ1) is 13.0. The monoisotopic (exact) mass is 262 g/mol. The number of hydrogen-bond donors (Lipinski definition) is 1. The van der Waals surface area contributed by atoms with Gasteiger partial charge in [-0.3, -0.25) is 0 Å². The zero-order valence-electron chi connectivity index (χ0n) is 11.0. The minimum atomic E-state index is 0.776. The minimum absolute atomic E-state index is 0.776. The van der Waals surface area contributed by atoms with Gasteiger partial charge in [-0.1, -0.05) is 0 Å². The molecule has 0 saturated carbocycles. The van der Waals surface area contributed by atoms with Crippen molar-refractivity contribution in [1.29, 1.82) is 0 Å². The average Bonchev–Trinajstić information content (AvgIpc) is 2.84. The number of nitrogens with one attached hydrogen (secondary N) is 1. The van der Waals surface area contributed by atoms with E-state index in [1.165, 1.54) is 5.56 Å². The van der Waals surface area contributed by atoms with Gasteiger partial charge in [-0.05, 0) is 36.4 Å². The second-order valence-corrected chi connectivity index (χ2v) is 5.08. The van der Waals surface area contributed by atoms with Gasteiger partial charge < -0.3 is 10.2 Å². The summed E-state index contributed by atoms with van der Waals surface area (Å²) in [5.41, 5.74) is 3.47. The van der Waals surface area contributed by atoms with Crippen LogP contribution in [0.25, 0.3) is 0 Å². The van der Waals surface area contributed by atoms with E-state index < -0.39 is 0 Å². The molecule has 96 valence electrons. The van der Waals surface area contributed by atoms with Crippen molar-refractivity contribution in [3.63, 3.8) is 0 Å². The highest BCUT2D eigenvalue weighted by molar-refractivity contribution is 7.07. The van der Waals surface area contributed by atoms with E-state index >= 15 is 0 Å². The molecule has 0 aromatic carbocycles. The normalized spacial score (nSPS) is 10.6. The van der Waals surface area contributed by atoms with E-state index in [9.17, 15) is 0 Å². The van der Waals surface area contributed by atoms with Gasteiger partial charge in [0.1, 0.15) is 0 Å². The average molecular weight is 262 g/mol. The van der Waals surface area contributed by atoms with Gasteiger partial charge >= 0.3 is 0 Å². The molecule has 0 radical (unpaired) electrons. The number of aromatic nitrogens is 2. The molecule has 2 heterocycles. The van der Waals surface area contributed by atoms with Crippen LogP contribution in [0.5, 0.6) is 0 Å². The molecule has 4 nitrogen and oxygen atoms in total. The van der Waals surface area contributed by atoms with Gasteiger partial charge in [-0.25, -0.2) is 9.97 Å². The Hall–Kier alpha value is -1.46. The number of rotatable bonds is 5. The molecule has 2 aromatic rings. The Morgan fingerprint density at radius 1 is 1.44 bits per heavy atom. The second kappa shape index (κ2) is 5.93. The highest BCUT2D eigenvalue weighted by atomic mass is 32.1. The van der Waals surface area contributed by atoms with Crippen molar-refractivity contribution in [2.24, 2.45) is 0 Å². The van der Waals surface area contributed by atoms with Crippen molar-refractivity contribution >= 4 is 17.3 Å². The lowest BCUT2D eigenvalue weighted by Gasteiger charge is -2.17. The lowest BCUT2D eigenvalue weighted by molar-refractivity contribution is 0.786. The van der Waals surface area contributed by atoms with Gasteiger partial charge in [-0.2, -0.15) is 11.3 Å². The van der Waals surface area contributed by atoms with Crippen LogP contribution in [-0.4, -0.2) is 24.1 Å². The van der Waals surface area contributed by atoms with Gasteiger partial charge in [0.2, 0.25) is 5.95 Å². The third-order valence-electron chi connectivity index (χ3n) is 2.78. The van der Waals surface area contributed by atoms with Crippen LogP contribution in [0.3, 0.4) is 0 Å². The Labute approximate surface area is 112 Å². The Morgan fingerprint density at radius 2 is 2.28 bits per heavy atom. The summed E-state index contributed by atoms with van der Waals surface area (Å²) in [5.74, 6) is 0.776. The predicted molar refractivity (Wildman–Crippen MR) is 76.0 cm³/mol. The standard InChI is InChI=1S/C13H18N4S/c1-10-12(6-14-2)7-15-13(16-10)17(3)8-11-4-5-18-9-11/h4-5,7,9,14H,6,8H2,1-3H3. The lowest BCUT2D eigenvalue weighted by Crippen LogP contribution is -2.20. The summed E-state index contributed by atoms with van der Waals surface area (Å²) in [6.45, 7) is 3.67. The number of hydrogen-bond acceptors (Lipinski definition) is 5. The second-order valence-electron chi connectivity index (χ2n) is 4.30. The van der Waals surface area contributed by atoms with Gasteiger partial charge in [0.05, 0.1) is 0 Å². The van der Waals surface area contributed by atoms with Crippen molar-refractivity contribution in [3.8, 4) is 0 Å². The summed E-state index contributed by atoms with van der Waals surface area (Å²) < 4.78 is 0. The van der Waals surface area contributed by atoms with Crippen LogP contribution in [0.1, 0.15) is 16.8 Å². The molecule has 0 saturated heterocycles. The van der Waals surface area contributed by atoms with Crippen molar-refractivity contribution in [1.82, 2.24) is 15.3 Å². The van der Waals surface area contributed by atoms with Crippen LogP contribution in [0.2, 0.25) is 0 Å². The van der Waals surface area contributed by atoms with E-state index in [-0.39, 0.29) is 0 Å². The van der Waals surface area contributed by atoms with E-state index in [2.05, 4.69) is 37.0 Å². The third kappa shape index (κ3) is 3.05. The molecule has 0 fully saturated rings. The molecule has 0 atom stereocenters. The van der Waals surface area contributed by atoms with Crippen LogP contribution >= 0.6 is 11.3 Å². The SMILES string of the molecule is CNCc1cnc(N(C)Cc2ccsc2)nc1C. The topological polar surface area (TPSA) is 41.1 Å². The highest BCUT2D eigenvalue weighted by Crippen LogP contribution is 2.14. The van der Waals surface area contributed by atoms with E-state index in [0.29, 0.717) is 0 Å². The third-order valence-corrected chi connectivity index (χ3v) is 3.51. The maximum atomic E-state index is 4.55. The Bertz CT molecular complexity index is 496. The predicted octanol–water partition coefficient (Wildman–Crippen LogP) is 2.20. The molecular formula is C13H18N4S. The largest absolute Gasteiger partial charge is 0.340 e. The number of anilines is 1. The van der Waals surface area contributed by atoms with Crippen molar-refractivity contribution in [3.05, 3.63) is 39.8 Å². The molecule has 1 N–H and O–H groups in total. The number of aryl methyl sites for hydroxylation is 1. The first-order valence-electron chi connectivity index (χ1n) is 5.90. The van der Waals surface area contributed by atoms with Crippen LogP contribution in [0.4, 0.5) is 5.95 Å². The van der Waals surface area contributed by atoms with Crippen molar-refractivity contribution in [2.75, 3.05) is 19.0 Å². The maximum absolute atomic E-state index is 4.55. The summed E-state index contributed by atoms with van der Waals surface area (Å²) in [7, 11) is 3.94. The molecule has 5 heteroatoms. The highest BCUT2D eigenvalue weighted by Gasteiger charge is 2.08. The van der Waals surface area contributed by atoms with E-state index in [0.717, 1.165) is 30.3 Å². The van der Waals surface area contributed by atoms with Crippen LogP contribution in [-0.2, 0) is 13.1 Å². The summed E-state index contributed by atoms with van der Waals surface area (Å²) in [6, 6.07) is 2.13. The zero-order valence-corrected chi connectivity index (χ0v) is 11.8. The van der Waals surface area contributed by atoms with E-state index in [1.54, 1.807) is 11.3 Å². The Morgan fingerprint density at radius 3 is 2.89 bits per heavy atom. The fraction of sp³-hybridized carbons (Fsp3) is 0.385. The Kier molecular flexibility index (Phi) is 4.28. The lowest BCUT2D eigenvalue weighted by atomic mass is 10.2. The van der Waals surface area contributed by atoms with Crippen molar-refractivity contribution < 1.29 is 0 Å². The molecule has 18 heavy (non-hydrogen) atoms. The molecular weight excluding hydrogens is 244 g/mol. The molecule has 2 rings (SSSR count). The summed E-state index contributed by atoms with van der Waals surface area (Å²) in [4.78, 5) is 11.0. The fourth-order valence-corrected chi connectivity index (χ4v) is 2.41. The van der Waals surface area contributed by atoms with Crippen molar-refractivity contribution in [2.45, 2.75) is 20.0 Å². The number of nitrogens with zero attached hydrogens (tertiary/aromatic N) is 3. The smallest absolute Gasteiger partial charge is 0.225 e. The molecule has 2 aromatic heterocycles. The minimum Gasteiger partial charge on any atom is -0.340 e. The fourth-order valence-electron chi connectivity index (χ4n) is 1.75. The number of thiophene rings is 1. The molecule has 0 unspecified atom stereocenters.